The van der Waals surface area contributed by atoms with Crippen LogP contribution in [-0.2, 0) is 33.2 Å². The molecule has 6 unspecified atom stereocenters. The number of methoxy groups -OCH3 is 4. The summed E-state index contributed by atoms with van der Waals surface area (Å²) in [5, 5.41) is 10.0. The van der Waals surface area contributed by atoms with Gasteiger partial charge in [0.1, 0.15) is 24.4 Å². The summed E-state index contributed by atoms with van der Waals surface area (Å²) in [5.41, 5.74) is 0. The molecule has 1 aliphatic rings. The van der Waals surface area contributed by atoms with E-state index in [1.54, 1.807) is 0 Å². The second-order valence-electron chi connectivity index (χ2n) is 4.70. The van der Waals surface area contributed by atoms with E-state index >= 15 is 0 Å². The minimum atomic E-state index is -1.23. The highest BCUT2D eigenvalue weighted by molar-refractivity contribution is 5.66. The lowest BCUT2D eigenvalue weighted by atomic mass is 9.94. The molecular weight excluding hydrogens is 284 g/mol. The number of hydrogen-bond donors (Lipinski definition) is 1. The Morgan fingerprint density at radius 2 is 1.76 bits per heavy atom. The molecule has 8 nitrogen and oxygen atoms in total. The molecule has 1 heterocycles. The summed E-state index contributed by atoms with van der Waals surface area (Å²) in [4.78, 5) is 11.4. The maximum atomic E-state index is 11.4. The topological polar surface area (TPSA) is 92.7 Å². The summed E-state index contributed by atoms with van der Waals surface area (Å²) in [5.74, 6) is -0.492. The lowest BCUT2D eigenvalue weighted by Gasteiger charge is -2.44. The number of aliphatic hydroxyl groups excluding tert-OH is 1. The lowest BCUT2D eigenvalue weighted by Crippen LogP contribution is -2.63. The predicted octanol–water partition coefficient (Wildman–Crippen LogP) is -0.673. The number of carbonyl (C=O) groups excluding carboxylic acids is 1. The number of esters is 1. The molecule has 8 heteroatoms. The molecule has 1 aliphatic heterocycles. The van der Waals surface area contributed by atoms with Crippen LogP contribution in [0, 0.1) is 0 Å². The van der Waals surface area contributed by atoms with Gasteiger partial charge in [-0.05, 0) is 0 Å². The minimum Gasteiger partial charge on any atom is -0.457 e. The van der Waals surface area contributed by atoms with Gasteiger partial charge in [-0.25, -0.2) is 0 Å². The smallest absolute Gasteiger partial charge is 0.303 e. The molecular formula is C13H24O8. The van der Waals surface area contributed by atoms with Crippen LogP contribution in [0.2, 0.25) is 0 Å². The van der Waals surface area contributed by atoms with Gasteiger partial charge in [0, 0.05) is 35.4 Å². The molecule has 0 amide bonds. The average molecular weight is 308 g/mol. The third-order valence-electron chi connectivity index (χ3n) is 3.40. The fourth-order valence-electron chi connectivity index (χ4n) is 2.46. The van der Waals surface area contributed by atoms with Crippen molar-refractivity contribution in [3.8, 4) is 0 Å². The first-order valence-electron chi connectivity index (χ1n) is 6.58. The Hall–Kier alpha value is -0.770. The van der Waals surface area contributed by atoms with E-state index in [-0.39, 0.29) is 6.61 Å². The largest absolute Gasteiger partial charge is 0.457 e. The second-order valence-corrected chi connectivity index (χ2v) is 4.70. The molecule has 0 aliphatic carbocycles. The lowest BCUT2D eigenvalue weighted by molar-refractivity contribution is -0.310. The third kappa shape index (κ3) is 4.35. The zero-order valence-corrected chi connectivity index (χ0v) is 13.0. The Morgan fingerprint density at radius 1 is 1.14 bits per heavy atom. The Labute approximate surface area is 124 Å². The van der Waals surface area contributed by atoms with Crippen molar-refractivity contribution in [3.05, 3.63) is 0 Å². The van der Waals surface area contributed by atoms with Gasteiger partial charge in [0.2, 0.25) is 0 Å². The maximum absolute atomic E-state index is 11.4. The molecule has 1 rings (SSSR count). The van der Waals surface area contributed by atoms with Crippen LogP contribution in [0.25, 0.3) is 0 Å². The van der Waals surface area contributed by atoms with Gasteiger partial charge in [-0.3, -0.25) is 4.79 Å². The summed E-state index contributed by atoms with van der Waals surface area (Å²) >= 11 is 0. The molecule has 1 fully saturated rings. The average Bonchev–Trinajstić information content (AvgIpc) is 2.45. The molecule has 0 saturated carbocycles. The Balaban J connectivity index is 3.04. The van der Waals surface area contributed by atoms with Crippen molar-refractivity contribution in [2.24, 2.45) is 0 Å². The molecule has 0 aromatic rings. The van der Waals surface area contributed by atoms with Gasteiger partial charge < -0.3 is 33.5 Å². The van der Waals surface area contributed by atoms with Crippen LogP contribution in [0.1, 0.15) is 6.92 Å². The van der Waals surface area contributed by atoms with Crippen LogP contribution in [-0.4, -0.2) is 82.9 Å². The van der Waals surface area contributed by atoms with E-state index in [1.807, 2.05) is 0 Å². The van der Waals surface area contributed by atoms with Crippen molar-refractivity contribution >= 4 is 5.97 Å². The van der Waals surface area contributed by atoms with E-state index in [4.69, 9.17) is 28.4 Å². The molecule has 21 heavy (non-hydrogen) atoms. The standard InChI is InChI=1S/C13H24O8/c1-7(14)20-11-9(8(17-3)6-16-2)21-13(15)12(19-5)10(11)18-4/h8-13,15H,6H2,1-5H3. The zero-order chi connectivity index (χ0) is 16.0. The number of rotatable bonds is 7. The highest BCUT2D eigenvalue weighted by Gasteiger charge is 2.50. The number of carbonyl (C=O) groups is 1. The van der Waals surface area contributed by atoms with E-state index in [0.717, 1.165) is 0 Å². The normalized spacial score (nSPS) is 34.5. The summed E-state index contributed by atoms with van der Waals surface area (Å²) in [6, 6.07) is 0. The van der Waals surface area contributed by atoms with Crippen molar-refractivity contribution in [1.82, 2.24) is 0 Å². The minimum absolute atomic E-state index is 0.208. The van der Waals surface area contributed by atoms with Crippen LogP contribution < -0.4 is 0 Å². The van der Waals surface area contributed by atoms with Crippen molar-refractivity contribution < 1.29 is 38.3 Å². The second kappa shape index (κ2) is 8.62. The molecule has 124 valence electrons. The first kappa shape index (κ1) is 18.3. The number of hydrogen-bond acceptors (Lipinski definition) is 8. The van der Waals surface area contributed by atoms with E-state index in [9.17, 15) is 9.90 Å². The van der Waals surface area contributed by atoms with Gasteiger partial charge in [-0.2, -0.15) is 0 Å². The molecule has 1 saturated heterocycles. The number of ether oxygens (including phenoxy) is 6. The molecule has 0 aromatic heterocycles. The van der Waals surface area contributed by atoms with Gasteiger partial charge >= 0.3 is 5.97 Å². The molecule has 0 aromatic carbocycles. The Morgan fingerprint density at radius 3 is 2.19 bits per heavy atom. The van der Waals surface area contributed by atoms with Gasteiger partial charge in [0.05, 0.1) is 6.61 Å². The maximum Gasteiger partial charge on any atom is 0.303 e. The van der Waals surface area contributed by atoms with Gasteiger partial charge in [0.25, 0.3) is 0 Å². The predicted molar refractivity (Wildman–Crippen MR) is 70.7 cm³/mol. The Kier molecular flexibility index (Phi) is 7.50. The van der Waals surface area contributed by atoms with Crippen LogP contribution in [0.4, 0.5) is 0 Å². The van der Waals surface area contributed by atoms with Crippen molar-refractivity contribution in [3.63, 3.8) is 0 Å². The first-order chi connectivity index (χ1) is 9.99. The van der Waals surface area contributed by atoms with Gasteiger partial charge in [0.15, 0.2) is 12.4 Å². The highest BCUT2D eigenvalue weighted by atomic mass is 16.7. The third-order valence-corrected chi connectivity index (χ3v) is 3.40. The molecule has 0 bridgehead atoms. The monoisotopic (exact) mass is 308 g/mol. The van der Waals surface area contributed by atoms with Crippen molar-refractivity contribution in [1.29, 1.82) is 0 Å². The fraction of sp³-hybridized carbons (Fsp3) is 0.923. The number of aliphatic hydroxyl groups is 1. The fourth-order valence-corrected chi connectivity index (χ4v) is 2.46. The quantitative estimate of drug-likeness (QED) is 0.619. The van der Waals surface area contributed by atoms with Crippen molar-refractivity contribution in [2.75, 3.05) is 35.0 Å². The summed E-state index contributed by atoms with van der Waals surface area (Å²) < 4.78 is 31.7. The van der Waals surface area contributed by atoms with Gasteiger partial charge in [-0.15, -0.1) is 0 Å². The van der Waals surface area contributed by atoms with E-state index in [2.05, 4.69) is 0 Å². The zero-order valence-electron chi connectivity index (χ0n) is 13.0. The van der Waals surface area contributed by atoms with E-state index in [0.29, 0.717) is 0 Å². The summed E-state index contributed by atoms with van der Waals surface area (Å²) in [6.07, 6.45) is -4.78. The van der Waals surface area contributed by atoms with Crippen LogP contribution in [0.5, 0.6) is 0 Å². The first-order valence-corrected chi connectivity index (χ1v) is 6.58. The SMILES string of the molecule is COCC(OC)C1OC(O)C(OC)C(OC)C1OC(C)=O. The van der Waals surface area contributed by atoms with Crippen LogP contribution >= 0.6 is 0 Å². The molecule has 0 spiro atoms. The van der Waals surface area contributed by atoms with E-state index < -0.39 is 42.8 Å². The van der Waals surface area contributed by atoms with Crippen molar-refractivity contribution in [2.45, 2.75) is 43.7 Å². The van der Waals surface area contributed by atoms with Gasteiger partial charge in [-0.1, -0.05) is 0 Å². The van der Waals surface area contributed by atoms with Crippen LogP contribution in [0.15, 0.2) is 0 Å². The highest BCUT2D eigenvalue weighted by Crippen LogP contribution is 2.29. The summed E-state index contributed by atoms with van der Waals surface area (Å²) in [7, 11) is 5.85. The van der Waals surface area contributed by atoms with Crippen LogP contribution in [0.3, 0.4) is 0 Å². The molecule has 1 N–H and O–H groups in total. The van der Waals surface area contributed by atoms with E-state index in [1.165, 1.54) is 35.4 Å². The summed E-state index contributed by atoms with van der Waals surface area (Å²) in [6.45, 7) is 1.49. The molecule has 6 atom stereocenters. The molecule has 0 radical (unpaired) electrons. The Bertz CT molecular complexity index is 323.